The van der Waals surface area contributed by atoms with Crippen LogP contribution in [0.5, 0.6) is 0 Å². The van der Waals surface area contributed by atoms with Crippen molar-refractivity contribution in [1.29, 1.82) is 0 Å². The molecule has 0 aromatic carbocycles. The van der Waals surface area contributed by atoms with Gasteiger partial charge in [0.25, 0.3) is 0 Å². The van der Waals surface area contributed by atoms with Gasteiger partial charge in [0.2, 0.25) is 10.0 Å². The van der Waals surface area contributed by atoms with Crippen LogP contribution in [-0.2, 0) is 24.6 Å². The summed E-state index contributed by atoms with van der Waals surface area (Å²) in [6.07, 6.45) is 1.28. The average Bonchev–Trinajstić information content (AvgIpc) is 1.94. The van der Waals surface area contributed by atoms with Crippen molar-refractivity contribution in [3.63, 3.8) is 0 Å². The summed E-state index contributed by atoms with van der Waals surface area (Å²) in [6.45, 7) is 3.48. The van der Waals surface area contributed by atoms with Crippen LogP contribution >= 0.6 is 0 Å². The summed E-state index contributed by atoms with van der Waals surface area (Å²) in [4.78, 5) is 0. The second-order valence-electron chi connectivity index (χ2n) is 4.02. The first-order chi connectivity index (χ1) is 6.99. The van der Waals surface area contributed by atoms with Crippen molar-refractivity contribution >= 4 is 19.9 Å². The van der Waals surface area contributed by atoms with Crippen molar-refractivity contribution in [3.05, 3.63) is 0 Å². The van der Waals surface area contributed by atoms with E-state index in [0.717, 1.165) is 12.5 Å². The molecule has 0 aliphatic rings. The van der Waals surface area contributed by atoms with Crippen molar-refractivity contribution in [2.24, 2.45) is 0 Å². The number of hydrogen-bond acceptors (Lipinski definition) is 5. The highest BCUT2D eigenvalue weighted by molar-refractivity contribution is 7.90. The number of sulfone groups is 1. The van der Waals surface area contributed by atoms with E-state index in [0.29, 0.717) is 0 Å². The van der Waals surface area contributed by atoms with Gasteiger partial charge in [0, 0.05) is 12.8 Å². The summed E-state index contributed by atoms with van der Waals surface area (Å²) >= 11 is 0. The van der Waals surface area contributed by atoms with Crippen molar-refractivity contribution < 1.29 is 21.6 Å². The van der Waals surface area contributed by atoms with Crippen LogP contribution in [0.4, 0.5) is 0 Å². The highest BCUT2D eigenvalue weighted by Gasteiger charge is 2.18. The van der Waals surface area contributed by atoms with E-state index in [9.17, 15) is 16.8 Å². The molecular formula is C8H19NO5S2. The van der Waals surface area contributed by atoms with Gasteiger partial charge < -0.3 is 4.74 Å². The van der Waals surface area contributed by atoms with Gasteiger partial charge in [-0.2, -0.15) is 0 Å². The van der Waals surface area contributed by atoms with Crippen LogP contribution in [0.15, 0.2) is 0 Å². The molecule has 0 amide bonds. The molecule has 0 rings (SSSR count). The first-order valence-electron chi connectivity index (χ1n) is 4.77. The largest absolute Gasteiger partial charge is 0.373 e. The molecule has 0 aliphatic heterocycles. The predicted molar refractivity (Wildman–Crippen MR) is 62.6 cm³/mol. The highest BCUT2D eigenvalue weighted by atomic mass is 32.2. The molecule has 0 fully saturated rings. The summed E-state index contributed by atoms with van der Waals surface area (Å²) in [5.41, 5.74) is 0. The third kappa shape index (κ3) is 10.3. The lowest BCUT2D eigenvalue weighted by Gasteiger charge is -2.19. The number of ether oxygens (including phenoxy) is 1. The van der Waals surface area contributed by atoms with Crippen LogP contribution in [0.2, 0.25) is 0 Å². The maximum absolute atomic E-state index is 11.1. The van der Waals surface area contributed by atoms with E-state index in [2.05, 4.69) is 4.72 Å². The minimum absolute atomic E-state index is 0.0376. The van der Waals surface area contributed by atoms with E-state index < -0.39 is 26.0 Å². The van der Waals surface area contributed by atoms with E-state index in [1.54, 1.807) is 13.8 Å². The van der Waals surface area contributed by atoms with Crippen molar-refractivity contribution in [1.82, 2.24) is 4.72 Å². The third-order valence-electron chi connectivity index (χ3n) is 1.53. The number of rotatable bonds is 7. The van der Waals surface area contributed by atoms with Gasteiger partial charge in [-0.05, 0) is 13.8 Å². The lowest BCUT2D eigenvalue weighted by atomic mass is 10.4. The molecule has 8 heteroatoms. The van der Waals surface area contributed by atoms with Crippen LogP contribution in [0.3, 0.4) is 0 Å². The lowest BCUT2D eigenvalue weighted by Crippen LogP contribution is -2.38. The van der Waals surface area contributed by atoms with Gasteiger partial charge in [-0.1, -0.05) is 0 Å². The van der Waals surface area contributed by atoms with Crippen LogP contribution in [0.1, 0.15) is 13.8 Å². The van der Waals surface area contributed by atoms with Crippen LogP contribution in [0.25, 0.3) is 0 Å². The third-order valence-corrected chi connectivity index (χ3v) is 3.19. The maximum Gasteiger partial charge on any atom is 0.208 e. The minimum atomic E-state index is -3.34. The molecule has 0 heterocycles. The van der Waals surface area contributed by atoms with Gasteiger partial charge in [-0.3, -0.25) is 0 Å². The molecule has 98 valence electrons. The molecule has 1 N–H and O–H groups in total. The summed E-state index contributed by atoms with van der Waals surface area (Å²) in [5.74, 6) is -0.201. The zero-order valence-electron chi connectivity index (χ0n) is 9.93. The van der Waals surface area contributed by atoms with Crippen LogP contribution in [-0.4, -0.2) is 53.9 Å². The fraction of sp³-hybridized carbons (Fsp3) is 1.00. The maximum atomic E-state index is 11.1. The molecule has 0 bridgehead atoms. The van der Waals surface area contributed by atoms with Gasteiger partial charge >= 0.3 is 0 Å². The molecule has 0 radical (unpaired) electrons. The molecule has 0 aromatic rings. The minimum Gasteiger partial charge on any atom is -0.373 e. The summed E-state index contributed by atoms with van der Waals surface area (Å²) in [5, 5.41) is 0. The second-order valence-corrected chi connectivity index (χ2v) is 8.04. The Kier molecular flexibility index (Phi) is 5.88. The van der Waals surface area contributed by atoms with E-state index in [1.165, 1.54) is 0 Å². The Labute approximate surface area is 97.3 Å². The SMILES string of the molecule is CC(C)OC(CNS(C)(=O)=O)CS(C)(=O)=O. The van der Waals surface area contributed by atoms with Gasteiger partial charge in [0.15, 0.2) is 0 Å². The van der Waals surface area contributed by atoms with Crippen molar-refractivity contribution in [3.8, 4) is 0 Å². The van der Waals surface area contributed by atoms with E-state index >= 15 is 0 Å². The molecule has 0 aromatic heterocycles. The lowest BCUT2D eigenvalue weighted by molar-refractivity contribution is 0.0242. The number of hydrogen-bond donors (Lipinski definition) is 1. The van der Waals surface area contributed by atoms with Crippen LogP contribution in [0, 0.1) is 0 Å². The molecule has 0 saturated carbocycles. The first-order valence-corrected chi connectivity index (χ1v) is 8.72. The van der Waals surface area contributed by atoms with Gasteiger partial charge in [-0.25, -0.2) is 21.6 Å². The molecule has 1 atom stereocenters. The Bertz CT molecular complexity index is 398. The predicted octanol–water partition coefficient (Wildman–Crippen LogP) is -0.626. The van der Waals surface area contributed by atoms with E-state index in [4.69, 9.17) is 4.74 Å². The fourth-order valence-corrected chi connectivity index (χ4v) is 2.47. The van der Waals surface area contributed by atoms with Crippen LogP contribution < -0.4 is 4.72 Å². The second kappa shape index (κ2) is 5.95. The molecular weight excluding hydrogens is 254 g/mol. The Morgan fingerprint density at radius 1 is 1.12 bits per heavy atom. The Balaban J connectivity index is 4.44. The summed E-state index contributed by atoms with van der Waals surface area (Å²) in [7, 11) is -6.53. The molecule has 16 heavy (non-hydrogen) atoms. The van der Waals surface area contributed by atoms with Gasteiger partial charge in [0.1, 0.15) is 9.84 Å². The fourth-order valence-electron chi connectivity index (χ4n) is 1.11. The Morgan fingerprint density at radius 2 is 1.62 bits per heavy atom. The van der Waals surface area contributed by atoms with Gasteiger partial charge in [-0.15, -0.1) is 0 Å². The zero-order chi connectivity index (χ0) is 13.0. The smallest absolute Gasteiger partial charge is 0.208 e. The van der Waals surface area contributed by atoms with Gasteiger partial charge in [0.05, 0.1) is 24.2 Å². The van der Waals surface area contributed by atoms with E-state index in [-0.39, 0.29) is 18.4 Å². The van der Waals surface area contributed by atoms with E-state index in [1.807, 2.05) is 0 Å². The molecule has 0 aliphatic carbocycles. The highest BCUT2D eigenvalue weighted by Crippen LogP contribution is 2.01. The number of sulfonamides is 1. The Morgan fingerprint density at radius 3 is 1.94 bits per heavy atom. The molecule has 0 saturated heterocycles. The standard InChI is InChI=1S/C8H19NO5S2/c1-7(2)14-8(6-15(3,10)11)5-9-16(4,12)13/h7-9H,5-6H2,1-4H3. The molecule has 1 unspecified atom stereocenters. The first kappa shape index (κ1) is 15.8. The topological polar surface area (TPSA) is 89.5 Å². The summed E-state index contributed by atoms with van der Waals surface area (Å²) < 4.78 is 51.5. The number of nitrogens with one attached hydrogen (secondary N) is 1. The zero-order valence-corrected chi connectivity index (χ0v) is 11.6. The van der Waals surface area contributed by atoms with Crippen molar-refractivity contribution in [2.75, 3.05) is 24.8 Å². The van der Waals surface area contributed by atoms with Crippen molar-refractivity contribution in [2.45, 2.75) is 26.1 Å². The molecule has 6 nitrogen and oxygen atoms in total. The monoisotopic (exact) mass is 273 g/mol. The Hall–Kier alpha value is -0.180. The normalized spacial score (nSPS) is 15.3. The molecule has 0 spiro atoms. The quantitative estimate of drug-likeness (QED) is 0.667. The average molecular weight is 273 g/mol. The summed E-state index contributed by atoms with van der Waals surface area (Å²) in [6, 6.07) is 0.